The van der Waals surface area contributed by atoms with E-state index in [2.05, 4.69) is 32.2 Å². The second-order valence-corrected chi connectivity index (χ2v) is 8.31. The summed E-state index contributed by atoms with van der Waals surface area (Å²) in [4.78, 5) is 31.0. The van der Waals surface area contributed by atoms with Gasteiger partial charge in [0.2, 0.25) is 0 Å². The molecule has 6 nitrogen and oxygen atoms in total. The number of aromatic nitrogens is 4. The molecule has 0 aromatic carbocycles. The van der Waals surface area contributed by atoms with Crippen LogP contribution in [0.3, 0.4) is 0 Å². The second-order valence-electron chi connectivity index (χ2n) is 6.45. The number of anilines is 1. The lowest BCUT2D eigenvalue weighted by atomic mass is 10.2. The Morgan fingerprint density at radius 2 is 2.07 bits per heavy atom. The molecule has 4 aromatic heterocycles. The number of pyridine rings is 2. The molecule has 0 bridgehead atoms. The van der Waals surface area contributed by atoms with Gasteiger partial charge in [0.05, 0.1) is 11.4 Å². The van der Waals surface area contributed by atoms with E-state index in [1.54, 1.807) is 18.6 Å². The fourth-order valence-electron chi connectivity index (χ4n) is 2.87. The fourth-order valence-corrected chi connectivity index (χ4v) is 4.54. The molecular formula is C21H19N5OS2. The second kappa shape index (κ2) is 8.59. The van der Waals surface area contributed by atoms with Crippen molar-refractivity contribution in [2.45, 2.75) is 26.7 Å². The zero-order valence-corrected chi connectivity index (χ0v) is 17.7. The van der Waals surface area contributed by atoms with Crippen molar-refractivity contribution in [2.75, 3.05) is 5.32 Å². The summed E-state index contributed by atoms with van der Waals surface area (Å²) >= 11 is 2.77. The van der Waals surface area contributed by atoms with E-state index in [1.165, 1.54) is 22.7 Å². The minimum absolute atomic E-state index is 0.193. The Morgan fingerprint density at radius 3 is 2.86 bits per heavy atom. The van der Waals surface area contributed by atoms with E-state index in [0.29, 0.717) is 15.7 Å². The zero-order chi connectivity index (χ0) is 20.2. The first-order valence-electron chi connectivity index (χ1n) is 9.24. The Hall–Kier alpha value is -2.97. The van der Waals surface area contributed by atoms with E-state index in [9.17, 15) is 4.79 Å². The van der Waals surface area contributed by atoms with Crippen molar-refractivity contribution in [1.82, 2.24) is 19.9 Å². The summed E-state index contributed by atoms with van der Waals surface area (Å²) in [6.45, 7) is 3.98. The number of rotatable bonds is 6. The van der Waals surface area contributed by atoms with Crippen LogP contribution >= 0.6 is 22.7 Å². The molecule has 4 rings (SSSR count). The molecule has 0 radical (unpaired) electrons. The van der Waals surface area contributed by atoms with E-state index < -0.39 is 0 Å². The Bertz CT molecular complexity index is 1140. The topological polar surface area (TPSA) is 80.7 Å². The van der Waals surface area contributed by atoms with Crippen LogP contribution in [-0.2, 0) is 6.42 Å². The smallest absolute Gasteiger partial charge is 0.269 e. The van der Waals surface area contributed by atoms with Gasteiger partial charge in [-0.3, -0.25) is 20.1 Å². The van der Waals surface area contributed by atoms with Gasteiger partial charge in [0.1, 0.15) is 9.88 Å². The summed E-state index contributed by atoms with van der Waals surface area (Å²) in [5, 5.41) is 6.17. The number of nitrogens with zero attached hydrogens (tertiary/aromatic N) is 4. The largest absolute Gasteiger partial charge is 0.297 e. The van der Waals surface area contributed by atoms with Crippen molar-refractivity contribution >= 4 is 33.7 Å². The molecule has 0 aliphatic heterocycles. The number of hydrogen-bond acceptors (Lipinski definition) is 7. The van der Waals surface area contributed by atoms with E-state index in [-0.39, 0.29) is 5.91 Å². The van der Waals surface area contributed by atoms with Gasteiger partial charge in [-0.25, -0.2) is 9.97 Å². The third kappa shape index (κ3) is 4.38. The maximum Gasteiger partial charge on any atom is 0.269 e. The summed E-state index contributed by atoms with van der Waals surface area (Å²) in [6.07, 6.45) is 7.23. The van der Waals surface area contributed by atoms with Gasteiger partial charge in [-0.2, -0.15) is 0 Å². The van der Waals surface area contributed by atoms with Gasteiger partial charge in [-0.1, -0.05) is 13.3 Å². The maximum atomic E-state index is 12.8. The lowest BCUT2D eigenvalue weighted by Crippen LogP contribution is -2.11. The van der Waals surface area contributed by atoms with Gasteiger partial charge in [0.15, 0.2) is 5.13 Å². The standard InChI is InChI=1S/C21H19N5OS2/c1-3-5-16-10-14(7-9-23-16)20-24-13(2)18(29-20)19(27)26-21-25-17(12-28-21)15-6-4-8-22-11-15/h4,6-12H,3,5H2,1-2H3,(H,25,26,27). The first-order chi connectivity index (χ1) is 14.1. The molecule has 0 unspecified atom stereocenters. The molecule has 0 aliphatic rings. The van der Waals surface area contributed by atoms with Crippen LogP contribution in [-0.4, -0.2) is 25.8 Å². The SMILES string of the molecule is CCCc1cc(-c2nc(C)c(C(=O)Nc3nc(-c4cccnc4)cs3)s2)ccn1. The lowest BCUT2D eigenvalue weighted by Gasteiger charge is -2.00. The molecule has 29 heavy (non-hydrogen) atoms. The molecule has 0 spiro atoms. The molecule has 0 atom stereocenters. The van der Waals surface area contributed by atoms with E-state index in [1.807, 2.05) is 36.6 Å². The fraction of sp³-hybridized carbons (Fsp3) is 0.190. The molecular weight excluding hydrogens is 402 g/mol. The van der Waals surface area contributed by atoms with Crippen LogP contribution in [0.1, 0.15) is 34.4 Å². The van der Waals surface area contributed by atoms with Crippen LogP contribution in [0.15, 0.2) is 48.2 Å². The van der Waals surface area contributed by atoms with Crippen molar-refractivity contribution in [3.8, 4) is 21.8 Å². The quantitative estimate of drug-likeness (QED) is 0.461. The maximum absolute atomic E-state index is 12.8. The number of amides is 1. The molecule has 8 heteroatoms. The number of nitrogens with one attached hydrogen (secondary N) is 1. The number of aryl methyl sites for hydroxylation is 2. The zero-order valence-electron chi connectivity index (χ0n) is 16.0. The Kier molecular flexibility index (Phi) is 5.73. The van der Waals surface area contributed by atoms with Gasteiger partial charge >= 0.3 is 0 Å². The first kappa shape index (κ1) is 19.4. The van der Waals surface area contributed by atoms with Gasteiger partial charge in [-0.15, -0.1) is 22.7 Å². The van der Waals surface area contributed by atoms with Gasteiger partial charge in [0, 0.05) is 40.8 Å². The number of hydrogen-bond donors (Lipinski definition) is 1. The third-order valence-electron chi connectivity index (χ3n) is 4.25. The van der Waals surface area contributed by atoms with Gasteiger partial charge in [0.25, 0.3) is 5.91 Å². The van der Waals surface area contributed by atoms with E-state index >= 15 is 0 Å². The molecule has 4 aromatic rings. The summed E-state index contributed by atoms with van der Waals surface area (Å²) in [5.74, 6) is -0.193. The molecule has 4 heterocycles. The van der Waals surface area contributed by atoms with Crippen molar-refractivity contribution < 1.29 is 4.79 Å². The van der Waals surface area contributed by atoms with Gasteiger partial charge in [-0.05, 0) is 37.6 Å². The van der Waals surface area contributed by atoms with E-state index in [0.717, 1.165) is 40.4 Å². The minimum atomic E-state index is -0.193. The van der Waals surface area contributed by atoms with Crippen molar-refractivity contribution in [2.24, 2.45) is 0 Å². The predicted molar refractivity (Wildman–Crippen MR) is 117 cm³/mol. The van der Waals surface area contributed by atoms with Crippen LogP contribution in [0, 0.1) is 6.92 Å². The van der Waals surface area contributed by atoms with Crippen molar-refractivity contribution in [1.29, 1.82) is 0 Å². The highest BCUT2D eigenvalue weighted by molar-refractivity contribution is 7.17. The molecule has 0 aliphatic carbocycles. The Morgan fingerprint density at radius 1 is 1.17 bits per heavy atom. The Balaban J connectivity index is 1.53. The summed E-state index contributed by atoms with van der Waals surface area (Å²) < 4.78 is 0. The predicted octanol–water partition coefficient (Wildman–Crippen LogP) is 5.24. The lowest BCUT2D eigenvalue weighted by molar-refractivity contribution is 0.103. The molecule has 1 N–H and O–H groups in total. The highest BCUT2D eigenvalue weighted by Gasteiger charge is 2.18. The first-order valence-corrected chi connectivity index (χ1v) is 10.9. The van der Waals surface area contributed by atoms with Crippen LogP contribution in [0.2, 0.25) is 0 Å². The Labute approximate surface area is 176 Å². The summed E-state index contributed by atoms with van der Waals surface area (Å²) in [7, 11) is 0. The van der Waals surface area contributed by atoms with Crippen LogP contribution < -0.4 is 5.32 Å². The minimum Gasteiger partial charge on any atom is -0.297 e. The molecule has 146 valence electrons. The highest BCUT2D eigenvalue weighted by Crippen LogP contribution is 2.30. The summed E-state index contributed by atoms with van der Waals surface area (Å²) in [6, 6.07) is 7.78. The number of carbonyl (C=O) groups is 1. The van der Waals surface area contributed by atoms with Crippen LogP contribution in [0.25, 0.3) is 21.8 Å². The summed E-state index contributed by atoms with van der Waals surface area (Å²) in [5.41, 5.74) is 4.44. The van der Waals surface area contributed by atoms with Crippen LogP contribution in [0.5, 0.6) is 0 Å². The number of thiazole rings is 2. The van der Waals surface area contributed by atoms with E-state index in [4.69, 9.17) is 0 Å². The van der Waals surface area contributed by atoms with Crippen molar-refractivity contribution in [3.05, 3.63) is 64.5 Å². The molecule has 1 amide bonds. The number of carbonyl (C=O) groups excluding carboxylic acids is 1. The average molecular weight is 422 g/mol. The van der Waals surface area contributed by atoms with Crippen LogP contribution in [0.4, 0.5) is 5.13 Å². The molecule has 0 fully saturated rings. The molecule has 0 saturated carbocycles. The highest BCUT2D eigenvalue weighted by atomic mass is 32.1. The monoisotopic (exact) mass is 421 g/mol. The van der Waals surface area contributed by atoms with Gasteiger partial charge < -0.3 is 0 Å². The van der Waals surface area contributed by atoms with Crippen molar-refractivity contribution in [3.63, 3.8) is 0 Å². The normalized spacial score (nSPS) is 10.8. The molecule has 0 saturated heterocycles. The average Bonchev–Trinajstić information content (AvgIpc) is 3.36. The third-order valence-corrected chi connectivity index (χ3v) is 6.22.